The second kappa shape index (κ2) is 5.74. The zero-order chi connectivity index (χ0) is 16.2. The molecule has 5 aliphatic rings. The van der Waals surface area contributed by atoms with E-state index in [2.05, 4.69) is 0 Å². The molecule has 5 rings (SSSR count). The van der Waals surface area contributed by atoms with E-state index >= 15 is 0 Å². The van der Waals surface area contributed by atoms with Crippen molar-refractivity contribution in [2.45, 2.75) is 100 Å². The van der Waals surface area contributed by atoms with Crippen LogP contribution in [-0.4, -0.2) is 48.6 Å². The molecular weight excluding hydrogens is 312 g/mol. The molecule has 6 nitrogen and oxygen atoms in total. The lowest BCUT2D eigenvalue weighted by molar-refractivity contribution is -0.246. The number of fused-ring (bicyclic) bond motifs is 1. The van der Waals surface area contributed by atoms with Crippen molar-refractivity contribution in [3.05, 3.63) is 0 Å². The maximum absolute atomic E-state index is 12.8. The summed E-state index contributed by atoms with van der Waals surface area (Å²) in [7, 11) is 0. The molecule has 0 bridgehead atoms. The molecule has 2 saturated carbocycles. The van der Waals surface area contributed by atoms with Gasteiger partial charge >= 0.3 is 0 Å². The molecule has 3 heterocycles. The number of Topliss-reactive ketones (excluding diaryl/α,β-unsaturated/α-hetero) is 1. The molecule has 0 unspecified atom stereocenters. The number of carbonyl (C=O) groups excluding carboxylic acids is 1. The first-order valence-corrected chi connectivity index (χ1v) is 9.55. The zero-order valence-electron chi connectivity index (χ0n) is 14.0. The van der Waals surface area contributed by atoms with Crippen LogP contribution in [0.3, 0.4) is 0 Å². The Morgan fingerprint density at radius 3 is 2.08 bits per heavy atom. The van der Waals surface area contributed by atoms with E-state index < -0.39 is 30.1 Å². The van der Waals surface area contributed by atoms with E-state index in [1.165, 1.54) is 12.8 Å². The van der Waals surface area contributed by atoms with Gasteiger partial charge in [0.15, 0.2) is 35.9 Å². The normalized spacial score (nSPS) is 43.6. The minimum Gasteiger partial charge on any atom is -0.347 e. The first kappa shape index (κ1) is 15.7. The Morgan fingerprint density at radius 2 is 1.42 bits per heavy atom. The van der Waals surface area contributed by atoms with Gasteiger partial charge in [0.2, 0.25) is 0 Å². The van der Waals surface area contributed by atoms with Gasteiger partial charge in [-0.2, -0.15) is 0 Å². The van der Waals surface area contributed by atoms with E-state index in [9.17, 15) is 4.79 Å². The standard InChI is InChI=1S/C18H26O6/c19-13-14(12-11-20-17(22-12)7-3-1-4-8-17)21-16-15(13)23-18(24-16)9-5-2-6-10-18/h12,14-16H,1-11H2/t12-,14-,15-,16-/m1/s1. The van der Waals surface area contributed by atoms with Crippen LogP contribution in [0.2, 0.25) is 0 Å². The lowest BCUT2D eigenvalue weighted by Crippen LogP contribution is -2.42. The monoisotopic (exact) mass is 338 g/mol. The number of ketones is 1. The third-order valence-corrected chi connectivity index (χ3v) is 6.21. The number of ether oxygens (including phenoxy) is 5. The van der Waals surface area contributed by atoms with Crippen LogP contribution in [0.4, 0.5) is 0 Å². The smallest absolute Gasteiger partial charge is 0.198 e. The first-order valence-electron chi connectivity index (χ1n) is 9.55. The molecule has 2 aliphatic carbocycles. The van der Waals surface area contributed by atoms with Crippen LogP contribution >= 0.6 is 0 Å². The van der Waals surface area contributed by atoms with Crippen molar-refractivity contribution in [2.75, 3.05) is 6.61 Å². The van der Waals surface area contributed by atoms with Gasteiger partial charge in [0, 0.05) is 25.7 Å². The summed E-state index contributed by atoms with van der Waals surface area (Å²) in [6, 6.07) is 0. The lowest BCUT2D eigenvalue weighted by atomic mass is 9.94. The number of rotatable bonds is 1. The Balaban J connectivity index is 1.25. The van der Waals surface area contributed by atoms with Crippen molar-refractivity contribution in [3.63, 3.8) is 0 Å². The van der Waals surface area contributed by atoms with Gasteiger partial charge in [0.05, 0.1) is 6.61 Å². The molecule has 3 saturated heterocycles. The SMILES string of the molecule is O=C1[C@H]2OC3(CCCCC3)O[C@H]2O[C@@H]1[C@H]1COC2(CCCCC2)O1. The molecule has 3 aliphatic heterocycles. The summed E-state index contributed by atoms with van der Waals surface area (Å²) < 4.78 is 30.2. The first-order chi connectivity index (χ1) is 11.7. The Labute approximate surface area is 142 Å². The molecule has 4 atom stereocenters. The average Bonchev–Trinajstić information content (AvgIpc) is 3.23. The van der Waals surface area contributed by atoms with Gasteiger partial charge in [-0.05, 0) is 25.7 Å². The molecule has 134 valence electrons. The average molecular weight is 338 g/mol. The van der Waals surface area contributed by atoms with Crippen LogP contribution < -0.4 is 0 Å². The van der Waals surface area contributed by atoms with Crippen LogP contribution in [0.25, 0.3) is 0 Å². The largest absolute Gasteiger partial charge is 0.347 e. The Morgan fingerprint density at radius 1 is 0.750 bits per heavy atom. The molecule has 0 aromatic heterocycles. The lowest BCUT2D eigenvalue weighted by Gasteiger charge is -2.33. The van der Waals surface area contributed by atoms with Gasteiger partial charge in [-0.1, -0.05) is 12.8 Å². The van der Waals surface area contributed by atoms with E-state index in [4.69, 9.17) is 23.7 Å². The van der Waals surface area contributed by atoms with E-state index in [1.54, 1.807) is 0 Å². The molecule has 0 aromatic carbocycles. The molecular formula is C18H26O6. The van der Waals surface area contributed by atoms with Crippen molar-refractivity contribution in [1.82, 2.24) is 0 Å². The van der Waals surface area contributed by atoms with E-state index in [0.29, 0.717) is 6.61 Å². The van der Waals surface area contributed by atoms with Gasteiger partial charge < -0.3 is 23.7 Å². The van der Waals surface area contributed by atoms with Gasteiger partial charge in [-0.15, -0.1) is 0 Å². The zero-order valence-corrected chi connectivity index (χ0v) is 14.0. The van der Waals surface area contributed by atoms with Crippen molar-refractivity contribution >= 4 is 5.78 Å². The molecule has 24 heavy (non-hydrogen) atoms. The summed E-state index contributed by atoms with van der Waals surface area (Å²) in [4.78, 5) is 12.8. The topological polar surface area (TPSA) is 63.2 Å². The van der Waals surface area contributed by atoms with E-state index in [1.807, 2.05) is 0 Å². The van der Waals surface area contributed by atoms with Crippen molar-refractivity contribution < 1.29 is 28.5 Å². The molecule has 0 N–H and O–H groups in total. The molecule has 6 heteroatoms. The highest BCUT2D eigenvalue weighted by atomic mass is 16.8. The highest BCUT2D eigenvalue weighted by molar-refractivity contribution is 5.90. The molecule has 0 aromatic rings. The van der Waals surface area contributed by atoms with Gasteiger partial charge in [-0.25, -0.2) is 0 Å². The quantitative estimate of drug-likeness (QED) is 0.732. The van der Waals surface area contributed by atoms with E-state index in [0.717, 1.165) is 51.4 Å². The fourth-order valence-corrected chi connectivity index (χ4v) is 4.93. The summed E-state index contributed by atoms with van der Waals surface area (Å²) in [6.07, 6.45) is 8.23. The molecule has 0 amide bonds. The van der Waals surface area contributed by atoms with Crippen LogP contribution in [0.1, 0.15) is 64.2 Å². The van der Waals surface area contributed by atoms with Crippen molar-refractivity contribution in [3.8, 4) is 0 Å². The summed E-state index contributed by atoms with van der Waals surface area (Å²) in [5.41, 5.74) is 0. The fourth-order valence-electron chi connectivity index (χ4n) is 4.93. The van der Waals surface area contributed by atoms with Gasteiger partial charge in [0.25, 0.3) is 0 Å². The summed E-state index contributed by atoms with van der Waals surface area (Å²) in [6.45, 7) is 0.418. The Kier molecular flexibility index (Phi) is 3.76. The highest BCUT2D eigenvalue weighted by Gasteiger charge is 2.60. The van der Waals surface area contributed by atoms with Crippen LogP contribution in [0.15, 0.2) is 0 Å². The predicted molar refractivity (Wildman–Crippen MR) is 82.1 cm³/mol. The number of hydrogen-bond acceptors (Lipinski definition) is 6. The third-order valence-electron chi connectivity index (χ3n) is 6.21. The maximum Gasteiger partial charge on any atom is 0.198 e. The predicted octanol–water partition coefficient (Wildman–Crippen LogP) is 2.43. The minimum atomic E-state index is -0.623. The second-order valence-electron chi connectivity index (χ2n) is 7.89. The summed E-state index contributed by atoms with van der Waals surface area (Å²) in [5, 5.41) is 0. The van der Waals surface area contributed by atoms with E-state index in [-0.39, 0.29) is 11.9 Å². The Hall–Kier alpha value is -0.530. The van der Waals surface area contributed by atoms with Gasteiger partial charge in [0.1, 0.15) is 6.10 Å². The summed E-state index contributed by atoms with van der Waals surface area (Å²) >= 11 is 0. The minimum absolute atomic E-state index is 0.0380. The van der Waals surface area contributed by atoms with Crippen LogP contribution in [0.5, 0.6) is 0 Å². The second-order valence-corrected chi connectivity index (χ2v) is 7.89. The molecule has 2 spiro atoms. The van der Waals surface area contributed by atoms with Crippen LogP contribution in [0, 0.1) is 0 Å². The maximum atomic E-state index is 12.8. The van der Waals surface area contributed by atoms with Crippen molar-refractivity contribution in [2.24, 2.45) is 0 Å². The molecule has 5 fully saturated rings. The van der Waals surface area contributed by atoms with Crippen LogP contribution in [-0.2, 0) is 28.5 Å². The van der Waals surface area contributed by atoms with Gasteiger partial charge in [-0.3, -0.25) is 4.79 Å². The fraction of sp³-hybridized carbons (Fsp3) is 0.944. The summed E-state index contributed by atoms with van der Waals surface area (Å²) in [5.74, 6) is -1.12. The molecule has 0 radical (unpaired) electrons. The Bertz CT molecular complexity index is 508. The van der Waals surface area contributed by atoms with Crippen molar-refractivity contribution in [1.29, 1.82) is 0 Å². The number of hydrogen-bond donors (Lipinski definition) is 0. The number of carbonyl (C=O) groups is 1. The third kappa shape index (κ3) is 2.46. The highest BCUT2D eigenvalue weighted by Crippen LogP contribution is 2.46.